The molecule has 4 heteroatoms. The van der Waals surface area contributed by atoms with E-state index in [1.54, 1.807) is 4.90 Å². The monoisotopic (exact) mass is 324 g/mol. The Morgan fingerprint density at radius 3 is 2.61 bits per heavy atom. The summed E-state index contributed by atoms with van der Waals surface area (Å²) >= 11 is 6.15. The number of nitrogens with one attached hydrogen (secondary N) is 1. The predicted molar refractivity (Wildman–Crippen MR) is 94.1 cm³/mol. The molecule has 3 nitrogen and oxygen atoms in total. The average molecular weight is 325 g/mol. The van der Waals surface area contributed by atoms with Crippen molar-refractivity contribution in [1.29, 1.82) is 0 Å². The third-order valence-corrected chi connectivity index (χ3v) is 5.00. The van der Waals surface area contributed by atoms with Gasteiger partial charge >= 0.3 is 0 Å². The Morgan fingerprint density at radius 2 is 1.91 bits per heavy atom. The van der Waals surface area contributed by atoms with E-state index in [1.807, 2.05) is 61.8 Å². The number of hydrogen-bond donors (Lipinski definition) is 1. The number of likely N-dealkylation sites (N-methyl/N-ethyl adjacent to an activating group) is 1. The summed E-state index contributed by atoms with van der Waals surface area (Å²) in [4.78, 5) is 18.2. The van der Waals surface area contributed by atoms with Crippen LogP contribution in [0.25, 0.3) is 10.9 Å². The van der Waals surface area contributed by atoms with Crippen molar-refractivity contribution in [3.05, 3.63) is 65.3 Å². The molecule has 1 fully saturated rings. The zero-order chi connectivity index (χ0) is 16.0. The average Bonchev–Trinajstić information content (AvgIpc) is 3.28. The van der Waals surface area contributed by atoms with Gasteiger partial charge in [-0.15, -0.1) is 0 Å². The van der Waals surface area contributed by atoms with E-state index in [2.05, 4.69) is 4.98 Å². The van der Waals surface area contributed by atoms with Gasteiger partial charge < -0.3 is 9.88 Å². The first kappa shape index (κ1) is 14.3. The van der Waals surface area contributed by atoms with Crippen LogP contribution in [0.4, 0.5) is 5.69 Å². The van der Waals surface area contributed by atoms with Gasteiger partial charge in [0.15, 0.2) is 0 Å². The van der Waals surface area contributed by atoms with E-state index in [1.165, 1.54) is 0 Å². The van der Waals surface area contributed by atoms with Crippen molar-refractivity contribution in [3.8, 4) is 0 Å². The Hall–Kier alpha value is -2.26. The fourth-order valence-corrected chi connectivity index (χ4v) is 3.47. The minimum Gasteiger partial charge on any atom is -0.361 e. The second-order valence-electron chi connectivity index (χ2n) is 6.17. The molecular formula is C19H17ClN2O. The minimum atomic E-state index is -0.423. The van der Waals surface area contributed by atoms with Gasteiger partial charge in [-0.3, -0.25) is 4.79 Å². The largest absolute Gasteiger partial charge is 0.361 e. The first-order chi connectivity index (χ1) is 11.1. The molecule has 4 rings (SSSR count). The van der Waals surface area contributed by atoms with Crippen LogP contribution < -0.4 is 4.90 Å². The number of H-pyrrole nitrogens is 1. The number of halogens is 1. The minimum absolute atomic E-state index is 0.143. The van der Waals surface area contributed by atoms with Crippen LogP contribution in [0.1, 0.15) is 18.4 Å². The molecule has 2 aromatic carbocycles. The highest BCUT2D eigenvalue weighted by Gasteiger charge is 2.53. The molecule has 3 aromatic rings. The van der Waals surface area contributed by atoms with Gasteiger partial charge in [0.25, 0.3) is 0 Å². The fraction of sp³-hybridized carbons (Fsp3) is 0.211. The SMILES string of the molecule is CN(C(=O)C1(c2c[nH]c3ccc(Cl)cc23)CC1)c1ccccc1. The van der Waals surface area contributed by atoms with Crippen molar-refractivity contribution < 1.29 is 4.79 Å². The lowest BCUT2D eigenvalue weighted by Gasteiger charge is -2.23. The maximum absolute atomic E-state index is 13.1. The summed E-state index contributed by atoms with van der Waals surface area (Å²) in [6, 6.07) is 15.5. The fourth-order valence-electron chi connectivity index (χ4n) is 3.30. The Labute approximate surface area is 139 Å². The molecule has 0 saturated heterocycles. The Morgan fingerprint density at radius 1 is 1.17 bits per heavy atom. The lowest BCUT2D eigenvalue weighted by molar-refractivity contribution is -0.120. The van der Waals surface area contributed by atoms with Crippen molar-refractivity contribution in [2.45, 2.75) is 18.3 Å². The summed E-state index contributed by atoms with van der Waals surface area (Å²) in [5.74, 6) is 0.143. The van der Waals surface area contributed by atoms with E-state index in [0.29, 0.717) is 5.02 Å². The zero-order valence-corrected chi connectivity index (χ0v) is 13.6. The van der Waals surface area contributed by atoms with Crippen LogP contribution in [0.3, 0.4) is 0 Å². The summed E-state index contributed by atoms with van der Waals surface area (Å²) in [6.07, 6.45) is 3.72. The molecule has 0 bridgehead atoms. The van der Waals surface area contributed by atoms with Crippen LogP contribution in [-0.2, 0) is 10.2 Å². The number of aromatic amines is 1. The van der Waals surface area contributed by atoms with Gasteiger partial charge in [0, 0.05) is 34.9 Å². The summed E-state index contributed by atoms with van der Waals surface area (Å²) in [7, 11) is 1.85. The van der Waals surface area contributed by atoms with Crippen molar-refractivity contribution in [3.63, 3.8) is 0 Å². The van der Waals surface area contributed by atoms with E-state index < -0.39 is 5.41 Å². The first-order valence-corrected chi connectivity index (χ1v) is 8.10. The number of benzene rings is 2. The summed E-state index contributed by atoms with van der Waals surface area (Å²) < 4.78 is 0. The number of carbonyl (C=O) groups excluding carboxylic acids is 1. The van der Waals surface area contributed by atoms with Gasteiger partial charge in [-0.25, -0.2) is 0 Å². The third-order valence-electron chi connectivity index (χ3n) is 4.77. The van der Waals surface area contributed by atoms with E-state index in [9.17, 15) is 4.79 Å². The van der Waals surface area contributed by atoms with Crippen LogP contribution in [-0.4, -0.2) is 17.9 Å². The number of hydrogen-bond acceptors (Lipinski definition) is 1. The van der Waals surface area contributed by atoms with Gasteiger partial charge in [-0.2, -0.15) is 0 Å². The highest BCUT2D eigenvalue weighted by atomic mass is 35.5. The maximum Gasteiger partial charge on any atom is 0.237 e. The van der Waals surface area contributed by atoms with Crippen LogP contribution >= 0.6 is 11.6 Å². The van der Waals surface area contributed by atoms with E-state index >= 15 is 0 Å². The number of rotatable bonds is 3. The number of carbonyl (C=O) groups is 1. The second-order valence-corrected chi connectivity index (χ2v) is 6.61. The maximum atomic E-state index is 13.1. The number of nitrogens with zero attached hydrogens (tertiary/aromatic N) is 1. The molecule has 0 atom stereocenters. The van der Waals surface area contributed by atoms with Crippen molar-refractivity contribution in [2.24, 2.45) is 0 Å². The standard InChI is InChI=1S/C19H17ClN2O/c1-22(14-5-3-2-4-6-14)18(23)19(9-10-19)16-12-21-17-8-7-13(20)11-15(16)17/h2-8,11-12,21H,9-10H2,1H3. The highest BCUT2D eigenvalue weighted by molar-refractivity contribution is 6.31. The van der Waals surface area contributed by atoms with E-state index in [0.717, 1.165) is 35.0 Å². The molecule has 23 heavy (non-hydrogen) atoms. The first-order valence-electron chi connectivity index (χ1n) is 7.72. The molecule has 1 saturated carbocycles. The number of fused-ring (bicyclic) bond motifs is 1. The molecule has 1 amide bonds. The number of amides is 1. The molecule has 116 valence electrons. The van der Waals surface area contributed by atoms with Crippen LogP contribution in [0.15, 0.2) is 54.7 Å². The van der Waals surface area contributed by atoms with Crippen molar-refractivity contribution in [2.75, 3.05) is 11.9 Å². The van der Waals surface area contributed by atoms with Crippen LogP contribution in [0, 0.1) is 0 Å². The number of aromatic nitrogens is 1. The van der Waals surface area contributed by atoms with E-state index in [-0.39, 0.29) is 5.91 Å². The van der Waals surface area contributed by atoms with Gasteiger partial charge in [-0.1, -0.05) is 29.8 Å². The Bertz CT molecular complexity index is 881. The van der Waals surface area contributed by atoms with Gasteiger partial charge in [0.1, 0.15) is 0 Å². The number of anilines is 1. The van der Waals surface area contributed by atoms with Crippen molar-refractivity contribution in [1.82, 2.24) is 4.98 Å². The molecule has 1 aromatic heterocycles. The number of para-hydroxylation sites is 1. The van der Waals surface area contributed by atoms with Crippen molar-refractivity contribution >= 4 is 34.1 Å². The molecule has 1 aliphatic carbocycles. The zero-order valence-electron chi connectivity index (χ0n) is 12.8. The Kier molecular flexibility index (Phi) is 3.20. The van der Waals surface area contributed by atoms with Gasteiger partial charge in [0.05, 0.1) is 5.41 Å². The van der Waals surface area contributed by atoms with E-state index in [4.69, 9.17) is 11.6 Å². The molecule has 0 unspecified atom stereocenters. The molecule has 1 heterocycles. The normalized spacial score (nSPS) is 15.6. The topological polar surface area (TPSA) is 36.1 Å². The summed E-state index contributed by atoms with van der Waals surface area (Å²) in [5, 5.41) is 1.74. The van der Waals surface area contributed by atoms with Gasteiger partial charge in [0.2, 0.25) is 5.91 Å². The third kappa shape index (κ3) is 2.23. The second kappa shape index (κ2) is 5.14. The van der Waals surface area contributed by atoms with Gasteiger partial charge in [-0.05, 0) is 48.7 Å². The van der Waals surface area contributed by atoms with Crippen LogP contribution in [0.5, 0.6) is 0 Å². The molecule has 0 spiro atoms. The highest BCUT2D eigenvalue weighted by Crippen LogP contribution is 2.52. The smallest absolute Gasteiger partial charge is 0.237 e. The lowest BCUT2D eigenvalue weighted by Crippen LogP contribution is -2.36. The van der Waals surface area contributed by atoms with Crippen LogP contribution in [0.2, 0.25) is 5.02 Å². The molecule has 0 aliphatic heterocycles. The Balaban J connectivity index is 1.75. The molecule has 0 radical (unpaired) electrons. The summed E-state index contributed by atoms with van der Waals surface area (Å²) in [6.45, 7) is 0. The predicted octanol–water partition coefficient (Wildman–Crippen LogP) is 4.52. The lowest BCUT2D eigenvalue weighted by atomic mass is 9.93. The quantitative estimate of drug-likeness (QED) is 0.755. The summed E-state index contributed by atoms with van der Waals surface area (Å²) in [5.41, 5.74) is 2.57. The molecule has 1 N–H and O–H groups in total. The molecular weight excluding hydrogens is 308 g/mol. The molecule has 1 aliphatic rings.